The summed E-state index contributed by atoms with van der Waals surface area (Å²) in [5.41, 5.74) is 0.177. The van der Waals surface area contributed by atoms with Gasteiger partial charge in [0.2, 0.25) is 0 Å². The van der Waals surface area contributed by atoms with Crippen LogP contribution in [-0.4, -0.2) is 43.4 Å². The first-order valence-electron chi connectivity index (χ1n) is 6.10. The minimum absolute atomic E-state index is 0.0878. The average molecular weight is 243 g/mol. The van der Waals surface area contributed by atoms with Crippen LogP contribution >= 0.6 is 0 Å². The Hall–Kier alpha value is -0.900. The Balaban J connectivity index is 3.82. The zero-order chi connectivity index (χ0) is 13.5. The van der Waals surface area contributed by atoms with Crippen molar-refractivity contribution in [3.8, 4) is 0 Å². The number of nitrogens with zero attached hydrogens (tertiary/aromatic N) is 1. The van der Waals surface area contributed by atoms with Crippen molar-refractivity contribution in [3.63, 3.8) is 0 Å². The molecule has 100 valence electrons. The number of carbonyl (C=O) groups excluding carboxylic acids is 2. The van der Waals surface area contributed by atoms with Crippen molar-refractivity contribution in [1.29, 1.82) is 0 Å². The summed E-state index contributed by atoms with van der Waals surface area (Å²) in [6, 6.07) is 0. The van der Waals surface area contributed by atoms with E-state index in [1.807, 2.05) is 11.9 Å². The molecule has 0 heterocycles. The summed E-state index contributed by atoms with van der Waals surface area (Å²) < 4.78 is 4.77. The summed E-state index contributed by atoms with van der Waals surface area (Å²) in [5, 5.41) is 0. The second kappa shape index (κ2) is 7.43. The van der Waals surface area contributed by atoms with E-state index in [0.29, 0.717) is 13.2 Å². The van der Waals surface area contributed by atoms with E-state index in [1.165, 1.54) is 0 Å². The van der Waals surface area contributed by atoms with Gasteiger partial charge >= 0.3 is 5.97 Å². The van der Waals surface area contributed by atoms with Gasteiger partial charge in [0.15, 0.2) is 0 Å². The molecule has 0 fully saturated rings. The molecular weight excluding hydrogens is 218 g/mol. The third-order valence-electron chi connectivity index (χ3n) is 2.10. The number of hydrogen-bond donors (Lipinski definition) is 0. The van der Waals surface area contributed by atoms with Crippen molar-refractivity contribution < 1.29 is 14.3 Å². The molecule has 17 heavy (non-hydrogen) atoms. The summed E-state index contributed by atoms with van der Waals surface area (Å²) in [5.74, 6) is -0.205. The topological polar surface area (TPSA) is 46.6 Å². The molecule has 0 aliphatic heterocycles. The lowest BCUT2D eigenvalue weighted by atomic mass is 9.96. The Labute approximate surface area is 104 Å². The van der Waals surface area contributed by atoms with Gasteiger partial charge in [0.1, 0.15) is 5.78 Å². The van der Waals surface area contributed by atoms with E-state index >= 15 is 0 Å². The summed E-state index contributed by atoms with van der Waals surface area (Å²) in [7, 11) is 1.92. The second-order valence-corrected chi connectivity index (χ2v) is 5.58. The maximum Gasteiger partial charge on any atom is 0.306 e. The van der Waals surface area contributed by atoms with Crippen molar-refractivity contribution >= 4 is 11.8 Å². The summed E-state index contributed by atoms with van der Waals surface area (Å²) in [6.45, 7) is 9.79. The van der Waals surface area contributed by atoms with Crippen LogP contribution in [-0.2, 0) is 14.3 Å². The molecule has 0 aromatic carbocycles. The SMILES string of the molecule is CCOC(=O)CCC(=O)CN(C)CC(C)(C)C. The normalized spacial score (nSPS) is 11.6. The molecule has 0 amide bonds. The van der Waals surface area contributed by atoms with Gasteiger partial charge in [-0.2, -0.15) is 0 Å². The third-order valence-corrected chi connectivity index (χ3v) is 2.10. The predicted molar refractivity (Wildman–Crippen MR) is 67.8 cm³/mol. The summed E-state index contributed by atoms with van der Waals surface area (Å²) in [4.78, 5) is 24.7. The molecule has 0 rings (SSSR count). The Kier molecular flexibility index (Phi) is 7.04. The molecule has 0 saturated carbocycles. The van der Waals surface area contributed by atoms with Crippen LogP contribution in [0.5, 0.6) is 0 Å². The van der Waals surface area contributed by atoms with E-state index in [4.69, 9.17) is 4.74 Å². The number of esters is 1. The highest BCUT2D eigenvalue weighted by Gasteiger charge is 2.16. The molecule has 0 atom stereocenters. The van der Waals surface area contributed by atoms with Gasteiger partial charge in [-0.15, -0.1) is 0 Å². The van der Waals surface area contributed by atoms with Crippen LogP contribution in [0.25, 0.3) is 0 Å². The van der Waals surface area contributed by atoms with Gasteiger partial charge in [0, 0.05) is 13.0 Å². The average Bonchev–Trinajstić information content (AvgIpc) is 2.12. The van der Waals surface area contributed by atoms with Gasteiger partial charge in [-0.25, -0.2) is 0 Å². The lowest BCUT2D eigenvalue weighted by Crippen LogP contribution is -2.33. The number of likely N-dealkylation sites (N-methyl/N-ethyl adjacent to an activating group) is 1. The first-order valence-corrected chi connectivity index (χ1v) is 6.10. The van der Waals surface area contributed by atoms with E-state index < -0.39 is 0 Å². The van der Waals surface area contributed by atoms with Crippen LogP contribution in [0, 0.1) is 5.41 Å². The van der Waals surface area contributed by atoms with Crippen molar-refractivity contribution in [1.82, 2.24) is 4.90 Å². The highest BCUT2D eigenvalue weighted by molar-refractivity contribution is 5.84. The van der Waals surface area contributed by atoms with Gasteiger partial charge in [0.05, 0.1) is 19.6 Å². The molecule has 0 spiro atoms. The van der Waals surface area contributed by atoms with E-state index in [9.17, 15) is 9.59 Å². The molecule has 0 aromatic heterocycles. The highest BCUT2D eigenvalue weighted by atomic mass is 16.5. The van der Waals surface area contributed by atoms with Crippen LogP contribution in [0.15, 0.2) is 0 Å². The fraction of sp³-hybridized carbons (Fsp3) is 0.846. The Morgan fingerprint density at radius 1 is 1.18 bits per heavy atom. The van der Waals surface area contributed by atoms with Crippen LogP contribution in [0.2, 0.25) is 0 Å². The number of Topliss-reactive ketones (excluding diaryl/α,β-unsaturated/α-hetero) is 1. The van der Waals surface area contributed by atoms with Crippen molar-refractivity contribution in [2.45, 2.75) is 40.5 Å². The molecule has 0 N–H and O–H groups in total. The quantitative estimate of drug-likeness (QED) is 0.640. The minimum Gasteiger partial charge on any atom is -0.466 e. The van der Waals surface area contributed by atoms with Crippen LogP contribution < -0.4 is 0 Å². The van der Waals surface area contributed by atoms with E-state index in [2.05, 4.69) is 20.8 Å². The van der Waals surface area contributed by atoms with E-state index in [0.717, 1.165) is 6.54 Å². The molecule has 0 unspecified atom stereocenters. The lowest BCUT2D eigenvalue weighted by molar-refractivity contribution is -0.144. The number of rotatable bonds is 7. The third kappa shape index (κ3) is 10.00. The molecule has 4 nitrogen and oxygen atoms in total. The van der Waals surface area contributed by atoms with Gasteiger partial charge in [-0.1, -0.05) is 20.8 Å². The Morgan fingerprint density at radius 2 is 1.76 bits per heavy atom. The number of hydrogen-bond acceptors (Lipinski definition) is 4. The molecule has 0 aromatic rings. The smallest absolute Gasteiger partial charge is 0.306 e. The summed E-state index contributed by atoms with van der Waals surface area (Å²) >= 11 is 0. The Bertz CT molecular complexity index is 256. The van der Waals surface area contributed by atoms with Gasteiger partial charge < -0.3 is 4.74 Å². The molecule has 0 aliphatic rings. The first kappa shape index (κ1) is 16.1. The fourth-order valence-electron chi connectivity index (χ4n) is 1.72. The zero-order valence-corrected chi connectivity index (χ0v) is 11.7. The molecular formula is C13H25NO3. The van der Waals surface area contributed by atoms with Gasteiger partial charge in [-0.3, -0.25) is 14.5 Å². The standard InChI is InChI=1S/C13H25NO3/c1-6-17-12(16)8-7-11(15)9-14(5)10-13(2,3)4/h6-10H2,1-5H3. The number of ketones is 1. The molecule has 0 radical (unpaired) electrons. The Morgan fingerprint density at radius 3 is 2.24 bits per heavy atom. The van der Waals surface area contributed by atoms with Crippen LogP contribution in [0.3, 0.4) is 0 Å². The number of ether oxygens (including phenoxy) is 1. The van der Waals surface area contributed by atoms with Gasteiger partial charge in [0.25, 0.3) is 0 Å². The fourth-order valence-corrected chi connectivity index (χ4v) is 1.72. The monoisotopic (exact) mass is 243 g/mol. The predicted octanol–water partition coefficient (Wildman–Crippen LogP) is 1.88. The van der Waals surface area contributed by atoms with Crippen LogP contribution in [0.4, 0.5) is 0 Å². The molecule has 0 aliphatic carbocycles. The van der Waals surface area contributed by atoms with Crippen molar-refractivity contribution in [3.05, 3.63) is 0 Å². The second-order valence-electron chi connectivity index (χ2n) is 5.58. The minimum atomic E-state index is -0.292. The highest BCUT2D eigenvalue weighted by Crippen LogP contribution is 2.14. The zero-order valence-electron chi connectivity index (χ0n) is 11.7. The molecule has 0 saturated heterocycles. The first-order chi connectivity index (χ1) is 7.74. The maximum absolute atomic E-state index is 11.6. The van der Waals surface area contributed by atoms with Gasteiger partial charge in [-0.05, 0) is 19.4 Å². The van der Waals surface area contributed by atoms with E-state index in [1.54, 1.807) is 6.92 Å². The van der Waals surface area contributed by atoms with E-state index in [-0.39, 0.29) is 30.0 Å². The maximum atomic E-state index is 11.6. The molecule has 4 heteroatoms. The largest absolute Gasteiger partial charge is 0.466 e. The van der Waals surface area contributed by atoms with Crippen molar-refractivity contribution in [2.75, 3.05) is 26.7 Å². The molecule has 0 bridgehead atoms. The van der Waals surface area contributed by atoms with Crippen molar-refractivity contribution in [2.24, 2.45) is 5.41 Å². The summed E-state index contributed by atoms with van der Waals surface area (Å²) in [6.07, 6.45) is 0.462. The lowest BCUT2D eigenvalue weighted by Gasteiger charge is -2.25. The van der Waals surface area contributed by atoms with Crippen LogP contribution in [0.1, 0.15) is 40.5 Å². The number of carbonyl (C=O) groups is 2.